The lowest BCUT2D eigenvalue weighted by Crippen LogP contribution is -2.24. The Balaban J connectivity index is 1.77. The maximum atomic E-state index is 15.2. The van der Waals surface area contributed by atoms with Crippen LogP contribution in [-0.2, 0) is 5.92 Å². The molecular formula is C25H28F3N5. The molecule has 1 atom stereocenters. The lowest BCUT2D eigenvalue weighted by molar-refractivity contribution is -0.0545. The molecule has 0 amide bonds. The monoisotopic (exact) mass is 455 g/mol. The molecule has 4 rings (SSSR count). The number of aryl methyl sites for hydroxylation is 1. The molecule has 3 aromatic rings. The van der Waals surface area contributed by atoms with Gasteiger partial charge >= 0.3 is 0 Å². The van der Waals surface area contributed by atoms with Crippen LogP contribution in [0.4, 0.5) is 30.4 Å². The summed E-state index contributed by atoms with van der Waals surface area (Å²) in [6.45, 7) is 10.4. The minimum absolute atomic E-state index is 0.156. The quantitative estimate of drug-likeness (QED) is 0.485. The van der Waals surface area contributed by atoms with Crippen molar-refractivity contribution in [3.63, 3.8) is 0 Å². The van der Waals surface area contributed by atoms with Crippen molar-refractivity contribution >= 4 is 28.1 Å². The smallest absolute Gasteiger partial charge is 0.278 e. The Morgan fingerprint density at radius 2 is 1.67 bits per heavy atom. The van der Waals surface area contributed by atoms with Crippen LogP contribution in [0.25, 0.3) is 10.9 Å². The number of hydrogen-bond donors (Lipinski definition) is 1. The highest BCUT2D eigenvalue weighted by molar-refractivity contribution is 5.99. The second-order valence-corrected chi connectivity index (χ2v) is 8.86. The third-order valence-corrected chi connectivity index (χ3v) is 6.33. The summed E-state index contributed by atoms with van der Waals surface area (Å²) in [6, 6.07) is 7.47. The lowest BCUT2D eigenvalue weighted by atomic mass is 9.94. The van der Waals surface area contributed by atoms with Crippen LogP contribution in [0, 0.1) is 18.7 Å². The van der Waals surface area contributed by atoms with Crippen molar-refractivity contribution in [3.8, 4) is 0 Å². The molecule has 0 radical (unpaired) electrons. The number of rotatable bonds is 5. The summed E-state index contributed by atoms with van der Waals surface area (Å²) in [6.07, 6.45) is 0. The van der Waals surface area contributed by atoms with Gasteiger partial charge in [-0.1, -0.05) is 38.6 Å². The molecule has 2 heterocycles. The van der Waals surface area contributed by atoms with Crippen LogP contribution in [0.5, 0.6) is 0 Å². The van der Waals surface area contributed by atoms with E-state index in [0.29, 0.717) is 11.6 Å². The van der Waals surface area contributed by atoms with E-state index >= 15 is 4.39 Å². The van der Waals surface area contributed by atoms with Crippen LogP contribution >= 0.6 is 0 Å². The maximum absolute atomic E-state index is 15.2. The summed E-state index contributed by atoms with van der Waals surface area (Å²) in [5.41, 5.74) is 2.22. The van der Waals surface area contributed by atoms with Crippen molar-refractivity contribution in [2.45, 2.75) is 39.7 Å². The van der Waals surface area contributed by atoms with Gasteiger partial charge in [-0.05, 0) is 26.0 Å². The van der Waals surface area contributed by atoms with Gasteiger partial charge in [-0.15, -0.1) is 0 Å². The van der Waals surface area contributed by atoms with Crippen LogP contribution in [0.2, 0.25) is 0 Å². The topological polar surface area (TPSA) is 44.3 Å². The first-order chi connectivity index (χ1) is 15.4. The van der Waals surface area contributed by atoms with Crippen LogP contribution in [0.1, 0.15) is 43.8 Å². The molecule has 174 valence electrons. The maximum Gasteiger partial charge on any atom is 0.278 e. The largest absolute Gasteiger partial charge is 0.363 e. The van der Waals surface area contributed by atoms with E-state index in [9.17, 15) is 8.78 Å². The molecule has 0 aliphatic carbocycles. The average Bonchev–Trinajstić information content (AvgIpc) is 2.95. The van der Waals surface area contributed by atoms with Gasteiger partial charge in [-0.2, -0.15) is 0 Å². The van der Waals surface area contributed by atoms with Gasteiger partial charge in [0.15, 0.2) is 0 Å². The van der Waals surface area contributed by atoms with Gasteiger partial charge in [0.1, 0.15) is 23.3 Å². The van der Waals surface area contributed by atoms with Gasteiger partial charge in [-0.25, -0.2) is 23.1 Å². The second-order valence-electron chi connectivity index (χ2n) is 8.86. The number of alkyl halides is 2. The predicted molar refractivity (Wildman–Crippen MR) is 127 cm³/mol. The Morgan fingerprint density at radius 1 is 1.03 bits per heavy atom. The highest BCUT2D eigenvalue weighted by Crippen LogP contribution is 2.43. The summed E-state index contributed by atoms with van der Waals surface area (Å²) in [5, 5.41) is 3.98. The Labute approximate surface area is 191 Å². The zero-order valence-corrected chi connectivity index (χ0v) is 19.7. The Bertz CT molecular complexity index is 1250. The van der Waals surface area contributed by atoms with Crippen LogP contribution in [0.3, 0.4) is 0 Å². The summed E-state index contributed by atoms with van der Waals surface area (Å²) < 4.78 is 44.4. The molecule has 8 heteroatoms. The summed E-state index contributed by atoms with van der Waals surface area (Å²) in [4.78, 5) is 13.1. The van der Waals surface area contributed by atoms with Crippen molar-refractivity contribution < 1.29 is 13.2 Å². The zero-order chi connectivity index (χ0) is 24.2. The fourth-order valence-corrected chi connectivity index (χ4v) is 4.16. The summed E-state index contributed by atoms with van der Waals surface area (Å²) in [7, 11) is 3.87. The van der Waals surface area contributed by atoms with Gasteiger partial charge in [0.05, 0.1) is 28.5 Å². The molecule has 5 nitrogen and oxygen atoms in total. The van der Waals surface area contributed by atoms with Crippen molar-refractivity contribution in [1.82, 2.24) is 9.97 Å². The third kappa shape index (κ3) is 3.67. The van der Waals surface area contributed by atoms with Gasteiger partial charge in [0.25, 0.3) is 5.92 Å². The Morgan fingerprint density at radius 3 is 2.30 bits per heavy atom. The highest BCUT2D eigenvalue weighted by atomic mass is 19.3. The molecule has 2 aromatic carbocycles. The van der Waals surface area contributed by atoms with Crippen LogP contribution in [-0.4, -0.2) is 24.1 Å². The Kier molecular flexibility index (Phi) is 5.50. The number of aromatic nitrogens is 2. The molecule has 0 spiro atoms. The number of nitrogens with zero attached hydrogens (tertiary/aromatic N) is 4. The highest BCUT2D eigenvalue weighted by Gasteiger charge is 2.39. The van der Waals surface area contributed by atoms with Crippen LogP contribution < -0.4 is 15.1 Å². The Hall–Kier alpha value is -3.29. The first-order valence-corrected chi connectivity index (χ1v) is 10.9. The zero-order valence-electron chi connectivity index (χ0n) is 19.7. The van der Waals surface area contributed by atoms with E-state index < -0.39 is 29.3 Å². The number of hydrogen-bond acceptors (Lipinski definition) is 5. The summed E-state index contributed by atoms with van der Waals surface area (Å²) >= 11 is 0. The fourth-order valence-electron chi connectivity index (χ4n) is 4.16. The van der Waals surface area contributed by atoms with E-state index in [1.807, 2.05) is 36.0 Å². The normalized spacial score (nSPS) is 14.9. The standard InChI is InChI=1S/C25H28F3N5/c1-13(2)25(27,28)19-10-8-9-17(23(19)26)14(3)29-24-18-11-21-22(33(7)16(5)32(21)6)12-20(18)30-15(4)31-24/h8-14H,5H2,1-4,6-7H3,(H,29,30,31)/t14-/m1/s1. The molecule has 1 aliphatic heterocycles. The minimum Gasteiger partial charge on any atom is -0.363 e. The second kappa shape index (κ2) is 7.93. The van der Waals surface area contributed by atoms with Crippen molar-refractivity contribution in [2.75, 3.05) is 29.2 Å². The molecule has 1 aromatic heterocycles. The lowest BCUT2D eigenvalue weighted by Gasteiger charge is -2.24. The fraction of sp³-hybridized carbons (Fsp3) is 0.360. The van der Waals surface area contributed by atoms with E-state index in [4.69, 9.17) is 0 Å². The first kappa shape index (κ1) is 22.9. The number of benzene rings is 2. The molecule has 0 saturated carbocycles. The minimum atomic E-state index is -3.27. The van der Waals surface area contributed by atoms with E-state index in [1.54, 1.807) is 13.8 Å². The van der Waals surface area contributed by atoms with E-state index in [1.165, 1.54) is 26.0 Å². The molecular weight excluding hydrogens is 427 g/mol. The predicted octanol–water partition coefficient (Wildman–Crippen LogP) is 6.36. The molecule has 0 unspecified atom stereocenters. The number of nitrogens with one attached hydrogen (secondary N) is 1. The van der Waals surface area contributed by atoms with Crippen molar-refractivity contribution in [1.29, 1.82) is 0 Å². The van der Waals surface area contributed by atoms with Gasteiger partial charge in [-0.3, -0.25) is 0 Å². The van der Waals surface area contributed by atoms with Gasteiger partial charge in [0, 0.05) is 31.0 Å². The number of anilines is 3. The van der Waals surface area contributed by atoms with Crippen molar-refractivity contribution in [2.24, 2.45) is 5.92 Å². The van der Waals surface area contributed by atoms with Gasteiger partial charge in [0.2, 0.25) is 0 Å². The average molecular weight is 456 g/mol. The number of halogens is 3. The molecule has 1 aliphatic rings. The van der Waals surface area contributed by atoms with E-state index in [2.05, 4.69) is 21.9 Å². The van der Waals surface area contributed by atoms with Crippen molar-refractivity contribution in [3.05, 3.63) is 65.5 Å². The number of fused-ring (bicyclic) bond motifs is 2. The summed E-state index contributed by atoms with van der Waals surface area (Å²) in [5.74, 6) is -3.29. The SMILES string of the molecule is C=C1N(C)c2cc3nc(C)nc(N[C@H](C)c4cccc(C(F)(F)C(C)C)c4F)c3cc2N1C. The van der Waals surface area contributed by atoms with Crippen LogP contribution in [0.15, 0.2) is 42.7 Å². The molecule has 1 N–H and O–H groups in total. The molecule has 33 heavy (non-hydrogen) atoms. The molecule has 0 fully saturated rings. The molecule has 0 saturated heterocycles. The first-order valence-electron chi connectivity index (χ1n) is 10.9. The van der Waals surface area contributed by atoms with E-state index in [0.717, 1.165) is 34.2 Å². The van der Waals surface area contributed by atoms with E-state index in [-0.39, 0.29) is 5.56 Å². The molecule has 0 bridgehead atoms. The third-order valence-electron chi connectivity index (χ3n) is 6.33. The van der Waals surface area contributed by atoms with Gasteiger partial charge < -0.3 is 15.1 Å².